The first kappa shape index (κ1) is 36.1. The minimum Gasteiger partial charge on any atom is -0.481 e. The second-order valence-electron chi connectivity index (χ2n) is 11.3. The van der Waals surface area contributed by atoms with Crippen LogP contribution in [0, 0.1) is 12.3 Å². The van der Waals surface area contributed by atoms with Crippen molar-refractivity contribution >= 4 is 29.2 Å². The zero-order chi connectivity index (χ0) is 32.6. The van der Waals surface area contributed by atoms with Crippen LogP contribution in [0.2, 0.25) is 0 Å². The molecule has 0 saturated carbocycles. The third-order valence-electron chi connectivity index (χ3n) is 7.59. The molecule has 1 aliphatic heterocycles. The number of thiophene rings is 1. The Balaban J connectivity index is 0.000000420. The number of nitrogens with zero attached hydrogens (tertiary/aromatic N) is 2. The molecule has 0 bridgehead atoms. The highest BCUT2D eigenvalue weighted by Gasteiger charge is 2.44. The van der Waals surface area contributed by atoms with Gasteiger partial charge in [-0.3, -0.25) is 19.5 Å². The number of hydrogen-bond acceptors (Lipinski definition) is 8. The molecular formula is C29H39F3N2O8S. The van der Waals surface area contributed by atoms with Gasteiger partial charge >= 0.3 is 24.1 Å². The number of aliphatic carboxylic acids is 3. The van der Waals surface area contributed by atoms with Crippen molar-refractivity contribution < 1.29 is 52.7 Å². The average Bonchev–Trinajstić information content (AvgIpc) is 3.54. The summed E-state index contributed by atoms with van der Waals surface area (Å²) in [5, 5.41) is 33.8. The normalized spacial score (nSPS) is 17.8. The molecule has 10 nitrogen and oxygen atoms in total. The molecule has 0 unspecified atom stereocenters. The lowest BCUT2D eigenvalue weighted by Crippen LogP contribution is -2.42. The molecule has 4 N–H and O–H groups in total. The molecule has 2 aromatic rings. The van der Waals surface area contributed by atoms with Crippen LogP contribution in [0.15, 0.2) is 30.5 Å². The quantitative estimate of drug-likeness (QED) is 0.241. The van der Waals surface area contributed by atoms with Gasteiger partial charge in [0.2, 0.25) is 0 Å². The molecule has 14 heteroatoms. The number of carboxylic acid groups (broad SMARTS) is 3. The van der Waals surface area contributed by atoms with Crippen molar-refractivity contribution in [1.29, 1.82) is 0 Å². The summed E-state index contributed by atoms with van der Waals surface area (Å²) < 4.78 is 44.6. The van der Waals surface area contributed by atoms with Gasteiger partial charge in [0, 0.05) is 40.9 Å². The maximum absolute atomic E-state index is 12.9. The Labute approximate surface area is 252 Å². The van der Waals surface area contributed by atoms with Gasteiger partial charge in [-0.05, 0) is 77.3 Å². The minimum absolute atomic E-state index is 0.0478. The maximum atomic E-state index is 12.9. The highest BCUT2D eigenvalue weighted by molar-refractivity contribution is 7.12. The van der Waals surface area contributed by atoms with Crippen molar-refractivity contribution in [1.82, 2.24) is 9.88 Å². The van der Waals surface area contributed by atoms with E-state index in [1.165, 1.54) is 11.6 Å². The van der Waals surface area contributed by atoms with Gasteiger partial charge < -0.3 is 25.2 Å². The van der Waals surface area contributed by atoms with E-state index in [1.54, 1.807) is 6.07 Å². The fourth-order valence-electron chi connectivity index (χ4n) is 4.90. The van der Waals surface area contributed by atoms with Gasteiger partial charge in [0.15, 0.2) is 5.60 Å². The van der Waals surface area contributed by atoms with Gasteiger partial charge in [-0.2, -0.15) is 13.2 Å². The van der Waals surface area contributed by atoms with Crippen LogP contribution in [-0.4, -0.2) is 80.1 Å². The average molecular weight is 633 g/mol. The first-order chi connectivity index (χ1) is 19.8. The molecule has 0 radical (unpaired) electrons. The number of aliphatic hydroxyl groups is 1. The van der Waals surface area contributed by atoms with E-state index in [4.69, 9.17) is 25.2 Å². The van der Waals surface area contributed by atoms with E-state index in [2.05, 4.69) is 29.8 Å². The highest BCUT2D eigenvalue weighted by Crippen LogP contribution is 2.43. The Hall–Kier alpha value is -3.07. The van der Waals surface area contributed by atoms with E-state index in [-0.39, 0.29) is 11.0 Å². The van der Waals surface area contributed by atoms with Crippen LogP contribution in [0.5, 0.6) is 0 Å². The molecule has 1 fully saturated rings. The van der Waals surface area contributed by atoms with Crippen LogP contribution in [0.4, 0.5) is 13.2 Å². The third kappa shape index (κ3) is 10.3. The molecule has 3 heterocycles. The van der Waals surface area contributed by atoms with Crippen LogP contribution < -0.4 is 0 Å². The number of ether oxygens (including phenoxy) is 1. The number of alkyl halides is 3. The van der Waals surface area contributed by atoms with Crippen molar-refractivity contribution in [2.45, 2.75) is 77.1 Å². The second-order valence-corrected chi connectivity index (χ2v) is 12.5. The largest absolute Gasteiger partial charge is 0.481 e. The van der Waals surface area contributed by atoms with Gasteiger partial charge in [0.25, 0.3) is 0 Å². The van der Waals surface area contributed by atoms with E-state index in [0.717, 1.165) is 47.8 Å². The molecular weight excluding hydrogens is 593 g/mol. The maximum Gasteiger partial charge on any atom is 0.425 e. The molecule has 0 aliphatic carbocycles. The Morgan fingerprint density at radius 3 is 2.16 bits per heavy atom. The number of pyridine rings is 1. The predicted molar refractivity (Wildman–Crippen MR) is 152 cm³/mol. The number of aromatic nitrogens is 1. The van der Waals surface area contributed by atoms with Crippen molar-refractivity contribution in [3.05, 3.63) is 51.5 Å². The summed E-state index contributed by atoms with van der Waals surface area (Å²) >= 11 is 0.863. The molecule has 2 aromatic heterocycles. The summed E-state index contributed by atoms with van der Waals surface area (Å²) in [6.45, 7) is 11.5. The van der Waals surface area contributed by atoms with Gasteiger partial charge in [-0.1, -0.05) is 6.07 Å². The zero-order valence-electron chi connectivity index (χ0n) is 24.6. The Bertz CT molecular complexity index is 1230. The zero-order valence-corrected chi connectivity index (χ0v) is 25.4. The Kier molecular flexibility index (Phi) is 12.3. The lowest BCUT2D eigenvalue weighted by Gasteiger charge is -2.38. The summed E-state index contributed by atoms with van der Waals surface area (Å²) in [5.74, 6) is -5.02. The Morgan fingerprint density at radius 1 is 1.07 bits per heavy atom. The molecule has 0 spiro atoms. The standard InChI is InChI=1S/C23H31F3N2OS.C6H8O7/c1-5-29-16-22(11-10-19-8-9-20(30-19)23(24,25)26)12-13-28(15-22)21(3,4)18-7-6-17(2)27-14-18;7-3(8)1-6(13,5(11)12)2-4(9)10/h6-9,14H,5,10-13,15-16H2,1-4H3;13H,1-2H2,(H,7,8)(H,9,10)(H,11,12)/t22-;/m1./s1. The number of rotatable bonds is 13. The second kappa shape index (κ2) is 14.6. The van der Waals surface area contributed by atoms with E-state index < -0.39 is 47.4 Å². The van der Waals surface area contributed by atoms with Crippen LogP contribution in [0.1, 0.15) is 67.5 Å². The van der Waals surface area contributed by atoms with Crippen LogP contribution in [0.25, 0.3) is 0 Å². The minimum atomic E-state index is -4.26. The van der Waals surface area contributed by atoms with E-state index >= 15 is 0 Å². The highest BCUT2D eigenvalue weighted by atomic mass is 32.1. The molecule has 0 amide bonds. The van der Waals surface area contributed by atoms with Gasteiger partial charge in [0.1, 0.15) is 4.88 Å². The summed E-state index contributed by atoms with van der Waals surface area (Å²) in [6, 6.07) is 6.99. The topological polar surface area (TPSA) is 157 Å². The molecule has 43 heavy (non-hydrogen) atoms. The SMILES string of the molecule is CCOC[C@]1(CCc2ccc(C(F)(F)F)s2)CCN(C(C)(C)c2ccc(C)nc2)C1.O=C(O)CC(O)(CC(=O)O)C(=O)O. The summed E-state index contributed by atoms with van der Waals surface area (Å²) in [5.41, 5.74) is -0.781. The summed E-state index contributed by atoms with van der Waals surface area (Å²) in [7, 11) is 0. The van der Waals surface area contributed by atoms with Crippen molar-refractivity contribution in [2.24, 2.45) is 5.41 Å². The fourth-order valence-corrected chi connectivity index (χ4v) is 5.78. The number of hydrogen-bond donors (Lipinski definition) is 4. The first-order valence-electron chi connectivity index (χ1n) is 13.6. The lowest BCUT2D eigenvalue weighted by molar-refractivity contribution is -0.170. The van der Waals surface area contributed by atoms with Crippen molar-refractivity contribution in [2.75, 3.05) is 26.3 Å². The number of carboxylic acids is 3. The van der Waals surface area contributed by atoms with Crippen LogP contribution in [-0.2, 0) is 37.3 Å². The van der Waals surface area contributed by atoms with E-state index in [9.17, 15) is 27.6 Å². The number of aryl methyl sites for hydroxylation is 2. The lowest BCUT2D eigenvalue weighted by atomic mass is 9.82. The van der Waals surface area contributed by atoms with Gasteiger partial charge in [-0.25, -0.2) is 4.79 Å². The smallest absolute Gasteiger partial charge is 0.425 e. The predicted octanol–water partition coefficient (Wildman–Crippen LogP) is 4.82. The molecule has 240 valence electrons. The first-order valence-corrected chi connectivity index (χ1v) is 14.5. The Morgan fingerprint density at radius 2 is 1.70 bits per heavy atom. The van der Waals surface area contributed by atoms with Gasteiger partial charge in [-0.15, -0.1) is 11.3 Å². The molecule has 1 atom stereocenters. The van der Waals surface area contributed by atoms with E-state index in [0.29, 0.717) is 19.6 Å². The molecule has 1 aliphatic rings. The van der Waals surface area contributed by atoms with Crippen LogP contribution in [0.3, 0.4) is 0 Å². The van der Waals surface area contributed by atoms with Crippen molar-refractivity contribution in [3.8, 4) is 0 Å². The fraction of sp³-hybridized carbons (Fsp3) is 0.586. The number of halogens is 3. The monoisotopic (exact) mass is 632 g/mol. The molecule has 3 rings (SSSR count). The summed E-state index contributed by atoms with van der Waals surface area (Å²) in [4.78, 5) is 37.7. The van der Waals surface area contributed by atoms with E-state index in [1.807, 2.05) is 26.1 Å². The third-order valence-corrected chi connectivity index (χ3v) is 8.78. The summed E-state index contributed by atoms with van der Waals surface area (Å²) in [6.07, 6.45) is -2.15. The number of likely N-dealkylation sites (tertiary alicyclic amines) is 1. The number of carbonyl (C=O) groups is 3. The molecule has 0 aromatic carbocycles. The van der Waals surface area contributed by atoms with Crippen LogP contribution >= 0.6 is 11.3 Å². The van der Waals surface area contributed by atoms with Crippen molar-refractivity contribution in [3.63, 3.8) is 0 Å². The van der Waals surface area contributed by atoms with Gasteiger partial charge in [0.05, 0.1) is 19.4 Å². The molecule has 1 saturated heterocycles.